The Bertz CT molecular complexity index is 902. The molecule has 8 nitrogen and oxygen atoms in total. The van der Waals surface area contributed by atoms with Gasteiger partial charge in [0.1, 0.15) is 35.7 Å². The number of piperidine rings is 1. The Labute approximate surface area is 206 Å². The molecule has 0 aliphatic carbocycles. The third-order valence-electron chi connectivity index (χ3n) is 7.32. The summed E-state index contributed by atoms with van der Waals surface area (Å²) in [6, 6.07) is 5.14. The van der Waals surface area contributed by atoms with Crippen molar-refractivity contribution in [3.8, 4) is 5.75 Å². The number of rotatable bonds is 4. The predicted octanol–water partition coefficient (Wildman–Crippen LogP) is 3.54. The minimum Gasteiger partial charge on any atom is -0.485 e. The Kier molecular flexibility index (Phi) is 6.96. The molecule has 4 aliphatic rings. The molecule has 1 amide bonds. The van der Waals surface area contributed by atoms with E-state index in [4.69, 9.17) is 23.7 Å². The molecule has 0 unspecified atom stereocenters. The van der Waals surface area contributed by atoms with E-state index in [2.05, 4.69) is 4.90 Å². The largest absolute Gasteiger partial charge is 0.485 e. The van der Waals surface area contributed by atoms with E-state index in [0.717, 1.165) is 43.7 Å². The molecule has 1 aromatic rings. The highest BCUT2D eigenvalue weighted by molar-refractivity contribution is 5.69. The second kappa shape index (κ2) is 9.84. The van der Waals surface area contributed by atoms with Crippen molar-refractivity contribution in [2.45, 2.75) is 69.3 Å². The van der Waals surface area contributed by atoms with E-state index in [1.807, 2.05) is 20.8 Å². The zero-order valence-corrected chi connectivity index (χ0v) is 21.0. The fourth-order valence-corrected chi connectivity index (χ4v) is 5.62. The van der Waals surface area contributed by atoms with Gasteiger partial charge in [0, 0.05) is 11.6 Å². The zero-order chi connectivity index (χ0) is 24.6. The number of carbonyl (C=O) groups excluding carboxylic acids is 1. The first-order valence-corrected chi connectivity index (χ1v) is 12.7. The van der Waals surface area contributed by atoms with Gasteiger partial charge in [0.05, 0.1) is 32.9 Å². The van der Waals surface area contributed by atoms with Crippen molar-refractivity contribution < 1.29 is 32.9 Å². The summed E-state index contributed by atoms with van der Waals surface area (Å²) in [6.45, 7) is 10.6. The fourth-order valence-electron chi connectivity index (χ4n) is 5.62. The molecule has 194 valence electrons. The Morgan fingerprint density at radius 2 is 1.83 bits per heavy atom. The minimum atomic E-state index is -0.492. The van der Waals surface area contributed by atoms with Gasteiger partial charge in [0.15, 0.2) is 0 Å². The van der Waals surface area contributed by atoms with E-state index in [-0.39, 0.29) is 29.5 Å². The first-order valence-electron chi connectivity index (χ1n) is 12.7. The molecule has 4 saturated heterocycles. The molecule has 4 heterocycles. The van der Waals surface area contributed by atoms with Gasteiger partial charge in [-0.3, -0.25) is 4.90 Å². The van der Waals surface area contributed by atoms with Crippen molar-refractivity contribution in [3.63, 3.8) is 0 Å². The lowest BCUT2D eigenvalue weighted by molar-refractivity contribution is -0.143. The number of ether oxygens (including phenoxy) is 5. The van der Waals surface area contributed by atoms with Gasteiger partial charge in [-0.05, 0) is 77.2 Å². The van der Waals surface area contributed by atoms with Gasteiger partial charge < -0.3 is 28.6 Å². The van der Waals surface area contributed by atoms with Crippen LogP contribution in [0.5, 0.6) is 5.75 Å². The van der Waals surface area contributed by atoms with E-state index >= 15 is 0 Å². The summed E-state index contributed by atoms with van der Waals surface area (Å²) in [5.74, 6) is 0.727. The van der Waals surface area contributed by atoms with Crippen LogP contribution in [0.4, 0.5) is 9.18 Å². The van der Waals surface area contributed by atoms with E-state index in [9.17, 15) is 9.18 Å². The summed E-state index contributed by atoms with van der Waals surface area (Å²) < 4.78 is 42.6. The Morgan fingerprint density at radius 1 is 1.11 bits per heavy atom. The third-order valence-corrected chi connectivity index (χ3v) is 7.32. The highest BCUT2D eigenvalue weighted by Crippen LogP contribution is 2.40. The first-order chi connectivity index (χ1) is 16.7. The molecule has 4 fully saturated rings. The smallest absolute Gasteiger partial charge is 0.410 e. The van der Waals surface area contributed by atoms with E-state index in [1.54, 1.807) is 17.0 Å². The molecule has 1 aromatic carbocycles. The van der Waals surface area contributed by atoms with Crippen LogP contribution in [0.25, 0.3) is 0 Å². The van der Waals surface area contributed by atoms with Crippen molar-refractivity contribution in [1.82, 2.24) is 9.80 Å². The summed E-state index contributed by atoms with van der Waals surface area (Å²) in [6.07, 6.45) is 2.35. The summed E-state index contributed by atoms with van der Waals surface area (Å²) in [7, 11) is 0. The SMILES string of the molecule is CC(C)(C)OC(=O)N1CC2(C[C@H](N3CCC(c4cc(F)ccc4OC4COCOC4)CC3)CO2)C1. The molecule has 0 aromatic heterocycles. The van der Waals surface area contributed by atoms with Crippen LogP contribution >= 0.6 is 0 Å². The molecular weight excluding hydrogens is 455 g/mol. The minimum absolute atomic E-state index is 0.178. The normalized spacial score (nSPS) is 26.1. The van der Waals surface area contributed by atoms with Gasteiger partial charge >= 0.3 is 6.09 Å². The molecule has 1 spiro atoms. The van der Waals surface area contributed by atoms with Crippen LogP contribution in [-0.4, -0.2) is 92.0 Å². The maximum atomic E-state index is 14.1. The Hall–Kier alpha value is -1.94. The molecule has 5 rings (SSSR count). The van der Waals surface area contributed by atoms with Crippen LogP contribution in [0, 0.1) is 5.82 Å². The lowest BCUT2D eigenvalue weighted by Gasteiger charge is -2.47. The number of nitrogens with zero attached hydrogens (tertiary/aromatic N) is 2. The highest BCUT2D eigenvalue weighted by atomic mass is 19.1. The van der Waals surface area contributed by atoms with Gasteiger partial charge in [0.25, 0.3) is 0 Å². The Morgan fingerprint density at radius 3 is 2.51 bits per heavy atom. The average molecular weight is 493 g/mol. The molecule has 0 radical (unpaired) electrons. The summed E-state index contributed by atoms with van der Waals surface area (Å²) in [4.78, 5) is 16.5. The molecule has 35 heavy (non-hydrogen) atoms. The van der Waals surface area contributed by atoms with Gasteiger partial charge in [-0.25, -0.2) is 9.18 Å². The number of benzene rings is 1. The third kappa shape index (κ3) is 5.74. The number of hydrogen-bond acceptors (Lipinski definition) is 7. The average Bonchev–Trinajstić information content (AvgIpc) is 3.25. The number of likely N-dealkylation sites (tertiary alicyclic amines) is 2. The van der Waals surface area contributed by atoms with Gasteiger partial charge in [-0.15, -0.1) is 0 Å². The van der Waals surface area contributed by atoms with E-state index in [0.29, 0.717) is 45.7 Å². The molecule has 1 atom stereocenters. The number of halogens is 1. The molecule has 0 bridgehead atoms. The van der Waals surface area contributed by atoms with Crippen LogP contribution in [0.1, 0.15) is 51.5 Å². The fraction of sp³-hybridized carbons (Fsp3) is 0.731. The van der Waals surface area contributed by atoms with Crippen LogP contribution in [0.15, 0.2) is 18.2 Å². The van der Waals surface area contributed by atoms with Crippen molar-refractivity contribution in [2.75, 3.05) is 52.8 Å². The summed E-state index contributed by atoms with van der Waals surface area (Å²) in [5.41, 5.74) is 0.196. The maximum Gasteiger partial charge on any atom is 0.410 e. The second-order valence-electron chi connectivity index (χ2n) is 11.3. The standard InChI is InChI=1S/C26H37FN2O6/c1-25(2,3)35-24(30)29-15-26(16-29)11-20(12-33-26)28-8-6-18(7-9-28)22-10-19(27)4-5-23(22)34-21-13-31-17-32-14-21/h4-5,10,18,20-21H,6-9,11-17H2,1-3H3/t20-/m0/s1. The number of carbonyl (C=O) groups is 1. The topological polar surface area (TPSA) is 69.7 Å². The summed E-state index contributed by atoms with van der Waals surface area (Å²) >= 11 is 0. The molecule has 0 N–H and O–H groups in total. The molecule has 0 saturated carbocycles. The Balaban J connectivity index is 1.13. The molecule has 9 heteroatoms. The van der Waals surface area contributed by atoms with E-state index in [1.165, 1.54) is 6.07 Å². The lowest BCUT2D eigenvalue weighted by atomic mass is 9.86. The van der Waals surface area contributed by atoms with Gasteiger partial charge in [0.2, 0.25) is 0 Å². The van der Waals surface area contributed by atoms with Crippen LogP contribution in [-0.2, 0) is 18.9 Å². The molecular formula is C26H37FN2O6. The van der Waals surface area contributed by atoms with Crippen molar-refractivity contribution >= 4 is 6.09 Å². The second-order valence-corrected chi connectivity index (χ2v) is 11.3. The summed E-state index contributed by atoms with van der Waals surface area (Å²) in [5, 5.41) is 0. The monoisotopic (exact) mass is 492 g/mol. The van der Waals surface area contributed by atoms with Gasteiger partial charge in [-0.1, -0.05) is 0 Å². The predicted molar refractivity (Wildman–Crippen MR) is 126 cm³/mol. The highest BCUT2D eigenvalue weighted by Gasteiger charge is 2.53. The first kappa shape index (κ1) is 24.7. The maximum absolute atomic E-state index is 14.1. The van der Waals surface area contributed by atoms with E-state index < -0.39 is 5.60 Å². The van der Waals surface area contributed by atoms with Crippen LogP contribution < -0.4 is 4.74 Å². The lowest BCUT2D eigenvalue weighted by Crippen LogP contribution is -2.64. The number of hydrogen-bond donors (Lipinski definition) is 0. The van der Waals surface area contributed by atoms with Crippen LogP contribution in [0.2, 0.25) is 0 Å². The van der Waals surface area contributed by atoms with Gasteiger partial charge in [-0.2, -0.15) is 0 Å². The number of amides is 1. The van der Waals surface area contributed by atoms with Crippen LogP contribution in [0.3, 0.4) is 0 Å². The van der Waals surface area contributed by atoms with Crippen molar-refractivity contribution in [3.05, 3.63) is 29.6 Å². The van der Waals surface area contributed by atoms with Crippen molar-refractivity contribution in [1.29, 1.82) is 0 Å². The quantitative estimate of drug-likeness (QED) is 0.637. The van der Waals surface area contributed by atoms with Crippen molar-refractivity contribution in [2.24, 2.45) is 0 Å². The zero-order valence-electron chi connectivity index (χ0n) is 21.0. The molecule has 4 aliphatic heterocycles.